The SMILES string of the molecule is COc1cccc(NC(=O)CCC(=O)N2N=C(c3c(-c4ccccc4)c4cc(Cl)ccc4[nH]c3=O)CC2c2ccccc2)c1. The predicted octanol–water partition coefficient (Wildman–Crippen LogP) is 6.95. The van der Waals surface area contributed by atoms with Gasteiger partial charge in [-0.2, -0.15) is 5.10 Å². The number of halogens is 1. The summed E-state index contributed by atoms with van der Waals surface area (Å²) in [5.41, 5.74) is 4.19. The lowest BCUT2D eigenvalue weighted by Crippen LogP contribution is -2.28. The zero-order valence-corrected chi connectivity index (χ0v) is 24.7. The van der Waals surface area contributed by atoms with E-state index in [1.807, 2.05) is 66.7 Å². The zero-order valence-electron chi connectivity index (χ0n) is 23.9. The van der Waals surface area contributed by atoms with E-state index in [9.17, 15) is 14.4 Å². The number of hydrogen-bond donors (Lipinski definition) is 2. The number of carbonyl (C=O) groups is 2. The van der Waals surface area contributed by atoms with Crippen molar-refractivity contribution in [2.75, 3.05) is 12.4 Å². The van der Waals surface area contributed by atoms with E-state index in [2.05, 4.69) is 10.3 Å². The number of H-pyrrole nitrogens is 1. The third-order valence-corrected chi connectivity index (χ3v) is 7.83. The molecule has 2 heterocycles. The molecule has 8 nitrogen and oxygen atoms in total. The van der Waals surface area contributed by atoms with Crippen LogP contribution in [0, 0.1) is 0 Å². The van der Waals surface area contributed by atoms with Crippen LogP contribution in [0.1, 0.15) is 36.4 Å². The van der Waals surface area contributed by atoms with Crippen LogP contribution in [0.2, 0.25) is 5.02 Å². The molecule has 44 heavy (non-hydrogen) atoms. The first-order valence-corrected chi connectivity index (χ1v) is 14.6. The summed E-state index contributed by atoms with van der Waals surface area (Å²) in [5.74, 6) is -0.0130. The van der Waals surface area contributed by atoms with Crippen LogP contribution in [-0.4, -0.2) is 34.6 Å². The molecular weight excluding hydrogens is 576 g/mol. The first-order valence-electron chi connectivity index (χ1n) is 14.2. The molecule has 2 N–H and O–H groups in total. The Morgan fingerprint density at radius 2 is 1.68 bits per heavy atom. The number of pyridine rings is 1. The summed E-state index contributed by atoms with van der Waals surface area (Å²) in [6.07, 6.45) is 0.217. The minimum atomic E-state index is -0.446. The minimum absolute atomic E-state index is 0.0385. The Morgan fingerprint density at radius 3 is 2.43 bits per heavy atom. The summed E-state index contributed by atoms with van der Waals surface area (Å²) >= 11 is 6.41. The van der Waals surface area contributed by atoms with Gasteiger partial charge in [-0.05, 0) is 41.5 Å². The lowest BCUT2D eigenvalue weighted by Gasteiger charge is -2.22. The van der Waals surface area contributed by atoms with E-state index >= 15 is 0 Å². The number of amides is 2. The number of benzene rings is 4. The maximum absolute atomic E-state index is 13.7. The fourth-order valence-corrected chi connectivity index (χ4v) is 5.70. The molecule has 1 aromatic heterocycles. The van der Waals surface area contributed by atoms with Crippen molar-refractivity contribution in [3.63, 3.8) is 0 Å². The van der Waals surface area contributed by atoms with Gasteiger partial charge in [0.1, 0.15) is 5.75 Å². The number of hydrogen-bond acceptors (Lipinski definition) is 5. The molecule has 1 aliphatic rings. The van der Waals surface area contributed by atoms with Crippen molar-refractivity contribution < 1.29 is 14.3 Å². The number of aromatic amines is 1. The van der Waals surface area contributed by atoms with Crippen molar-refractivity contribution in [3.05, 3.63) is 130 Å². The molecule has 0 aliphatic carbocycles. The molecule has 0 fully saturated rings. The summed E-state index contributed by atoms with van der Waals surface area (Å²) in [4.78, 5) is 43.1. The van der Waals surface area contributed by atoms with Crippen molar-refractivity contribution in [2.45, 2.75) is 25.3 Å². The molecule has 6 rings (SSSR count). The van der Waals surface area contributed by atoms with Gasteiger partial charge in [0.25, 0.3) is 5.56 Å². The van der Waals surface area contributed by atoms with E-state index in [1.165, 1.54) is 5.01 Å². The second kappa shape index (κ2) is 12.6. The van der Waals surface area contributed by atoms with E-state index in [0.29, 0.717) is 45.2 Å². The summed E-state index contributed by atoms with van der Waals surface area (Å²) < 4.78 is 5.22. The molecule has 0 saturated heterocycles. The number of methoxy groups -OCH3 is 1. The highest BCUT2D eigenvalue weighted by atomic mass is 35.5. The molecule has 1 atom stereocenters. The summed E-state index contributed by atoms with van der Waals surface area (Å²) in [6.45, 7) is 0. The Labute approximate surface area is 258 Å². The van der Waals surface area contributed by atoms with Crippen LogP contribution in [0.3, 0.4) is 0 Å². The van der Waals surface area contributed by atoms with Crippen LogP contribution < -0.4 is 15.6 Å². The molecule has 0 saturated carbocycles. The van der Waals surface area contributed by atoms with Crippen molar-refractivity contribution in [2.24, 2.45) is 5.10 Å². The number of nitrogens with zero attached hydrogens (tertiary/aromatic N) is 2. The molecule has 1 unspecified atom stereocenters. The summed E-state index contributed by atoms with van der Waals surface area (Å²) in [6, 6.07) is 31.1. The van der Waals surface area contributed by atoms with Gasteiger partial charge < -0.3 is 15.0 Å². The highest BCUT2D eigenvalue weighted by Gasteiger charge is 2.35. The number of ether oxygens (including phenoxy) is 1. The average Bonchev–Trinajstić information content (AvgIpc) is 3.49. The number of aromatic nitrogens is 1. The lowest BCUT2D eigenvalue weighted by atomic mass is 9.91. The largest absolute Gasteiger partial charge is 0.497 e. The Kier molecular flexibility index (Phi) is 8.25. The number of nitrogens with one attached hydrogen (secondary N) is 2. The Morgan fingerprint density at radius 1 is 0.932 bits per heavy atom. The number of rotatable bonds is 8. The Balaban J connectivity index is 1.36. The lowest BCUT2D eigenvalue weighted by molar-refractivity contribution is -0.134. The van der Waals surface area contributed by atoms with Gasteiger partial charge in [-0.3, -0.25) is 14.4 Å². The number of anilines is 1. The number of fused-ring (bicyclic) bond motifs is 1. The van der Waals surface area contributed by atoms with Gasteiger partial charge in [-0.15, -0.1) is 0 Å². The van der Waals surface area contributed by atoms with Gasteiger partial charge >= 0.3 is 0 Å². The van der Waals surface area contributed by atoms with E-state index in [0.717, 1.165) is 16.5 Å². The van der Waals surface area contributed by atoms with E-state index in [-0.39, 0.29) is 30.2 Å². The molecule has 1 aliphatic heterocycles. The molecule has 0 radical (unpaired) electrons. The van der Waals surface area contributed by atoms with Gasteiger partial charge in [0.2, 0.25) is 11.8 Å². The molecule has 0 bridgehead atoms. The maximum atomic E-state index is 13.7. The van der Waals surface area contributed by atoms with Crippen molar-refractivity contribution in [1.29, 1.82) is 0 Å². The van der Waals surface area contributed by atoms with Crippen LogP contribution in [0.15, 0.2) is 113 Å². The van der Waals surface area contributed by atoms with Crippen molar-refractivity contribution in [3.8, 4) is 16.9 Å². The van der Waals surface area contributed by atoms with Crippen LogP contribution in [-0.2, 0) is 9.59 Å². The van der Waals surface area contributed by atoms with Gasteiger partial charge in [0.15, 0.2) is 0 Å². The van der Waals surface area contributed by atoms with Crippen LogP contribution in [0.4, 0.5) is 5.69 Å². The monoisotopic (exact) mass is 604 g/mol. The predicted molar refractivity (Wildman–Crippen MR) is 173 cm³/mol. The standard InChI is InChI=1S/C35H29ClN4O4/c1-44-26-14-8-13-25(20-26)37-31(41)17-18-32(42)40-30(22-9-4-2-5-10-22)21-29(39-40)34-33(23-11-6-3-7-12-23)27-19-24(36)15-16-28(27)38-35(34)43/h2-16,19-20,30H,17-18,21H2,1H3,(H,37,41)(H,38,43). The Hall–Kier alpha value is -5.21. The topological polar surface area (TPSA) is 104 Å². The quantitative estimate of drug-likeness (QED) is 0.200. The second-order valence-corrected chi connectivity index (χ2v) is 10.9. The fraction of sp³-hybridized carbons (Fsp3) is 0.143. The normalized spacial score (nSPS) is 14.4. The highest BCUT2D eigenvalue weighted by molar-refractivity contribution is 6.31. The van der Waals surface area contributed by atoms with Crippen molar-refractivity contribution >= 4 is 45.7 Å². The molecule has 4 aromatic carbocycles. The first-order chi connectivity index (χ1) is 21.4. The molecular formula is C35H29ClN4O4. The molecule has 0 spiro atoms. The van der Waals surface area contributed by atoms with Crippen LogP contribution >= 0.6 is 11.6 Å². The van der Waals surface area contributed by atoms with E-state index < -0.39 is 6.04 Å². The second-order valence-electron chi connectivity index (χ2n) is 10.5. The summed E-state index contributed by atoms with van der Waals surface area (Å²) in [7, 11) is 1.55. The Bertz CT molecular complexity index is 1940. The van der Waals surface area contributed by atoms with Gasteiger partial charge in [-0.25, -0.2) is 5.01 Å². The molecule has 220 valence electrons. The van der Waals surface area contributed by atoms with Gasteiger partial charge in [0.05, 0.1) is 24.4 Å². The minimum Gasteiger partial charge on any atom is -0.497 e. The van der Waals surface area contributed by atoms with Gasteiger partial charge in [-0.1, -0.05) is 78.3 Å². The van der Waals surface area contributed by atoms with E-state index in [4.69, 9.17) is 21.4 Å². The highest BCUT2D eigenvalue weighted by Crippen LogP contribution is 2.37. The zero-order chi connectivity index (χ0) is 30.6. The third-order valence-electron chi connectivity index (χ3n) is 7.60. The molecule has 5 aromatic rings. The first kappa shape index (κ1) is 28.9. The van der Waals surface area contributed by atoms with Crippen LogP contribution in [0.5, 0.6) is 5.75 Å². The number of carbonyl (C=O) groups excluding carboxylic acids is 2. The smallest absolute Gasteiger partial charge is 0.258 e. The fourth-order valence-electron chi connectivity index (χ4n) is 5.53. The third kappa shape index (κ3) is 5.98. The molecule has 2 amide bonds. The van der Waals surface area contributed by atoms with Crippen LogP contribution in [0.25, 0.3) is 22.0 Å². The maximum Gasteiger partial charge on any atom is 0.258 e. The summed E-state index contributed by atoms with van der Waals surface area (Å²) in [5, 5.41) is 10.3. The molecule has 9 heteroatoms. The average molecular weight is 605 g/mol. The van der Waals surface area contributed by atoms with Crippen molar-refractivity contribution in [1.82, 2.24) is 9.99 Å². The number of hydrazone groups is 1. The van der Waals surface area contributed by atoms with E-state index in [1.54, 1.807) is 43.5 Å². The van der Waals surface area contributed by atoms with Gasteiger partial charge in [0, 0.05) is 52.5 Å².